The first kappa shape index (κ1) is 9.24. The maximum Gasteiger partial charge on any atom is 0.127 e. The smallest absolute Gasteiger partial charge is 0.127 e. The molecule has 1 aliphatic rings. The molecule has 0 radical (unpaired) electrons. The molecule has 0 aromatic carbocycles. The fraction of sp³-hybridized carbons (Fsp3) is 0.545. The van der Waals surface area contributed by atoms with Crippen LogP contribution in [0.25, 0.3) is 0 Å². The third-order valence-corrected chi connectivity index (χ3v) is 2.36. The van der Waals surface area contributed by atoms with E-state index in [9.17, 15) is 4.79 Å². The predicted octanol–water partition coefficient (Wildman–Crippen LogP) is 2.88. The first-order valence-electron chi connectivity index (χ1n) is 4.60. The van der Waals surface area contributed by atoms with Gasteiger partial charge in [-0.25, -0.2) is 0 Å². The molecule has 0 aromatic heterocycles. The Morgan fingerprint density at radius 1 is 1.67 bits per heavy atom. The molecule has 12 heavy (non-hydrogen) atoms. The summed E-state index contributed by atoms with van der Waals surface area (Å²) < 4.78 is 0. The molecule has 1 heteroatoms. The van der Waals surface area contributed by atoms with Crippen LogP contribution in [0, 0.1) is 5.92 Å². The molecule has 1 unspecified atom stereocenters. The van der Waals surface area contributed by atoms with Crippen molar-refractivity contribution in [3.05, 3.63) is 23.3 Å². The predicted molar refractivity (Wildman–Crippen MR) is 50.9 cm³/mol. The summed E-state index contributed by atoms with van der Waals surface area (Å²) in [6, 6.07) is 0. The molecule has 1 nitrogen and oxygen atoms in total. The van der Waals surface area contributed by atoms with E-state index < -0.39 is 0 Å². The van der Waals surface area contributed by atoms with Crippen LogP contribution in [0.2, 0.25) is 0 Å². The Morgan fingerprint density at radius 2 is 2.42 bits per heavy atom. The lowest BCUT2D eigenvalue weighted by molar-refractivity contribution is -0.110. The van der Waals surface area contributed by atoms with E-state index in [2.05, 4.69) is 26.0 Å². The molecule has 0 heterocycles. The fourth-order valence-corrected chi connectivity index (χ4v) is 1.55. The molecule has 0 spiro atoms. The largest absolute Gasteiger partial charge is 0.303 e. The van der Waals surface area contributed by atoms with Gasteiger partial charge in [0, 0.05) is 5.92 Å². The van der Waals surface area contributed by atoms with Crippen molar-refractivity contribution in [3.8, 4) is 0 Å². The standard InChI is InChI=1S/C11H16O/c1-3-10(8-12)11-6-4-5-9(2)7-11/h6-8,10H,3-5H2,1-2H3. The minimum Gasteiger partial charge on any atom is -0.303 e. The minimum absolute atomic E-state index is 0.125. The van der Waals surface area contributed by atoms with Gasteiger partial charge in [0.2, 0.25) is 0 Å². The molecule has 1 atom stereocenters. The van der Waals surface area contributed by atoms with Crippen LogP contribution >= 0.6 is 0 Å². The van der Waals surface area contributed by atoms with E-state index in [-0.39, 0.29) is 5.92 Å². The summed E-state index contributed by atoms with van der Waals surface area (Å²) in [6.45, 7) is 4.18. The molecule has 66 valence electrons. The highest BCUT2D eigenvalue weighted by Crippen LogP contribution is 2.23. The zero-order valence-corrected chi connectivity index (χ0v) is 7.84. The van der Waals surface area contributed by atoms with Gasteiger partial charge in [-0.15, -0.1) is 0 Å². The number of allylic oxidation sites excluding steroid dienone is 4. The van der Waals surface area contributed by atoms with Crippen LogP contribution in [0.4, 0.5) is 0 Å². The van der Waals surface area contributed by atoms with Gasteiger partial charge in [-0.3, -0.25) is 0 Å². The molecule has 1 rings (SSSR count). The van der Waals surface area contributed by atoms with Gasteiger partial charge in [0.25, 0.3) is 0 Å². The highest BCUT2D eigenvalue weighted by molar-refractivity contribution is 5.61. The Kier molecular flexibility index (Phi) is 3.27. The topological polar surface area (TPSA) is 17.1 Å². The first-order chi connectivity index (χ1) is 5.77. The normalized spacial score (nSPS) is 19.5. The zero-order valence-electron chi connectivity index (χ0n) is 7.84. The van der Waals surface area contributed by atoms with Crippen LogP contribution < -0.4 is 0 Å². The van der Waals surface area contributed by atoms with E-state index >= 15 is 0 Å². The summed E-state index contributed by atoms with van der Waals surface area (Å²) in [5.41, 5.74) is 2.61. The molecule has 0 N–H and O–H groups in total. The molecule has 0 aliphatic heterocycles. The first-order valence-corrected chi connectivity index (χ1v) is 4.60. The number of hydrogen-bond acceptors (Lipinski definition) is 1. The number of carbonyl (C=O) groups is 1. The van der Waals surface area contributed by atoms with Crippen molar-refractivity contribution in [1.82, 2.24) is 0 Å². The molecule has 0 aromatic rings. The Labute approximate surface area is 74.2 Å². The second kappa shape index (κ2) is 4.24. The van der Waals surface area contributed by atoms with Crippen LogP contribution in [0.5, 0.6) is 0 Å². The minimum atomic E-state index is 0.125. The van der Waals surface area contributed by atoms with Crippen LogP contribution in [0.1, 0.15) is 33.1 Å². The Balaban J connectivity index is 2.73. The van der Waals surface area contributed by atoms with Gasteiger partial charge in [-0.2, -0.15) is 0 Å². The maximum atomic E-state index is 10.7. The number of hydrogen-bond donors (Lipinski definition) is 0. The summed E-state index contributed by atoms with van der Waals surface area (Å²) in [7, 11) is 0. The van der Waals surface area contributed by atoms with Crippen molar-refractivity contribution in [2.24, 2.45) is 5.92 Å². The quantitative estimate of drug-likeness (QED) is 0.586. The van der Waals surface area contributed by atoms with E-state index in [1.807, 2.05) is 0 Å². The van der Waals surface area contributed by atoms with Gasteiger partial charge in [-0.1, -0.05) is 24.6 Å². The number of carbonyl (C=O) groups excluding carboxylic acids is 1. The van der Waals surface area contributed by atoms with Gasteiger partial charge < -0.3 is 4.79 Å². The van der Waals surface area contributed by atoms with Crippen molar-refractivity contribution >= 4 is 6.29 Å². The average Bonchev–Trinajstić information content (AvgIpc) is 2.07. The van der Waals surface area contributed by atoms with Crippen LogP contribution in [-0.4, -0.2) is 6.29 Å². The van der Waals surface area contributed by atoms with Crippen molar-refractivity contribution in [1.29, 1.82) is 0 Å². The van der Waals surface area contributed by atoms with E-state index in [1.165, 1.54) is 11.1 Å². The van der Waals surface area contributed by atoms with Crippen molar-refractivity contribution in [2.75, 3.05) is 0 Å². The second-order valence-corrected chi connectivity index (χ2v) is 3.38. The summed E-state index contributed by atoms with van der Waals surface area (Å²) in [6.07, 6.45) is 8.57. The third kappa shape index (κ3) is 2.07. The van der Waals surface area contributed by atoms with E-state index in [1.54, 1.807) is 0 Å². The van der Waals surface area contributed by atoms with Gasteiger partial charge in [0.05, 0.1) is 0 Å². The lowest BCUT2D eigenvalue weighted by Gasteiger charge is -2.14. The van der Waals surface area contributed by atoms with Crippen LogP contribution in [0.15, 0.2) is 23.3 Å². The second-order valence-electron chi connectivity index (χ2n) is 3.38. The van der Waals surface area contributed by atoms with Gasteiger partial charge in [0.1, 0.15) is 6.29 Å². The Morgan fingerprint density at radius 3 is 2.92 bits per heavy atom. The zero-order chi connectivity index (χ0) is 8.97. The van der Waals surface area contributed by atoms with Crippen molar-refractivity contribution < 1.29 is 4.79 Å². The third-order valence-electron chi connectivity index (χ3n) is 2.36. The summed E-state index contributed by atoms with van der Waals surface area (Å²) in [5, 5.41) is 0. The Hall–Kier alpha value is -0.850. The molecule has 0 saturated heterocycles. The van der Waals surface area contributed by atoms with Gasteiger partial charge in [0.15, 0.2) is 0 Å². The fourth-order valence-electron chi connectivity index (χ4n) is 1.55. The molecule has 0 amide bonds. The van der Waals surface area contributed by atoms with E-state index in [0.717, 1.165) is 25.5 Å². The number of rotatable bonds is 3. The summed E-state index contributed by atoms with van der Waals surface area (Å²) in [4.78, 5) is 10.7. The summed E-state index contributed by atoms with van der Waals surface area (Å²) in [5.74, 6) is 0.125. The van der Waals surface area contributed by atoms with E-state index in [0.29, 0.717) is 0 Å². The maximum absolute atomic E-state index is 10.7. The highest BCUT2D eigenvalue weighted by atomic mass is 16.1. The molecular formula is C11H16O. The van der Waals surface area contributed by atoms with E-state index in [4.69, 9.17) is 0 Å². The Bertz CT molecular complexity index is 223. The van der Waals surface area contributed by atoms with Crippen LogP contribution in [0.3, 0.4) is 0 Å². The molecular weight excluding hydrogens is 148 g/mol. The molecule has 0 saturated carbocycles. The van der Waals surface area contributed by atoms with Gasteiger partial charge in [-0.05, 0) is 31.8 Å². The summed E-state index contributed by atoms with van der Waals surface area (Å²) >= 11 is 0. The SMILES string of the molecule is CCC(C=O)C1=CCCC(C)=C1. The monoisotopic (exact) mass is 164 g/mol. The lowest BCUT2D eigenvalue weighted by atomic mass is 9.90. The lowest BCUT2D eigenvalue weighted by Crippen LogP contribution is -2.05. The van der Waals surface area contributed by atoms with Crippen molar-refractivity contribution in [3.63, 3.8) is 0 Å². The average molecular weight is 164 g/mol. The number of aldehydes is 1. The molecule has 0 bridgehead atoms. The van der Waals surface area contributed by atoms with Crippen LogP contribution in [-0.2, 0) is 4.79 Å². The van der Waals surface area contributed by atoms with Gasteiger partial charge >= 0.3 is 0 Å². The molecule has 0 fully saturated rings. The highest BCUT2D eigenvalue weighted by Gasteiger charge is 2.11. The van der Waals surface area contributed by atoms with Crippen molar-refractivity contribution in [2.45, 2.75) is 33.1 Å². The molecule has 1 aliphatic carbocycles.